The summed E-state index contributed by atoms with van der Waals surface area (Å²) in [6.07, 6.45) is -5.90. The standard InChI is InChI=1S/C19H17F4NO4/c20-15-8-6-13(7-9-15)10-16(17(25)28-12-19(21,22)23)24-18(26)27-11-14-4-2-1-3-5-14/h1-9,16H,10-12H2,(H,24,26). The van der Waals surface area contributed by atoms with E-state index in [1.54, 1.807) is 30.3 Å². The summed E-state index contributed by atoms with van der Waals surface area (Å²) in [7, 11) is 0. The monoisotopic (exact) mass is 399 g/mol. The number of hydrogen-bond acceptors (Lipinski definition) is 4. The van der Waals surface area contributed by atoms with Crippen molar-refractivity contribution >= 4 is 12.1 Å². The fourth-order valence-corrected chi connectivity index (χ4v) is 2.21. The van der Waals surface area contributed by atoms with Gasteiger partial charge in [0.15, 0.2) is 6.61 Å². The molecule has 0 aliphatic rings. The largest absolute Gasteiger partial charge is 0.454 e. The van der Waals surface area contributed by atoms with Crippen molar-refractivity contribution in [2.75, 3.05) is 6.61 Å². The first kappa shape index (κ1) is 21.2. The number of carbonyl (C=O) groups is 2. The summed E-state index contributed by atoms with van der Waals surface area (Å²) in [4.78, 5) is 24.0. The van der Waals surface area contributed by atoms with Crippen LogP contribution in [0.2, 0.25) is 0 Å². The second-order valence-corrected chi connectivity index (χ2v) is 5.81. The minimum atomic E-state index is -4.70. The SMILES string of the molecule is O=C(NC(Cc1ccc(F)cc1)C(=O)OCC(F)(F)F)OCc1ccccc1. The summed E-state index contributed by atoms with van der Waals surface area (Å²) in [5.74, 6) is -1.80. The number of esters is 1. The third-order valence-electron chi connectivity index (χ3n) is 3.52. The molecule has 0 radical (unpaired) electrons. The molecule has 2 aromatic rings. The van der Waals surface area contributed by atoms with Crippen LogP contribution in [0.1, 0.15) is 11.1 Å². The van der Waals surface area contributed by atoms with Crippen LogP contribution < -0.4 is 5.32 Å². The van der Waals surface area contributed by atoms with Crippen LogP contribution in [-0.2, 0) is 27.3 Å². The zero-order valence-electron chi connectivity index (χ0n) is 14.5. The van der Waals surface area contributed by atoms with E-state index in [9.17, 15) is 27.2 Å². The molecular weight excluding hydrogens is 382 g/mol. The summed E-state index contributed by atoms with van der Waals surface area (Å²) in [6, 6.07) is 12.2. The van der Waals surface area contributed by atoms with E-state index in [1.165, 1.54) is 12.1 Å². The molecule has 0 bridgehead atoms. The van der Waals surface area contributed by atoms with E-state index in [1.807, 2.05) is 0 Å². The lowest BCUT2D eigenvalue weighted by Crippen LogP contribution is -2.44. The van der Waals surface area contributed by atoms with Crippen LogP contribution in [0.25, 0.3) is 0 Å². The number of halogens is 4. The third kappa shape index (κ3) is 7.65. The lowest BCUT2D eigenvalue weighted by atomic mass is 10.1. The number of alkyl halides is 3. The van der Waals surface area contributed by atoms with Gasteiger partial charge in [-0.1, -0.05) is 42.5 Å². The van der Waals surface area contributed by atoms with Crippen LogP contribution in [0.4, 0.5) is 22.4 Å². The van der Waals surface area contributed by atoms with Crippen molar-refractivity contribution in [3.8, 4) is 0 Å². The molecule has 0 aliphatic heterocycles. The van der Waals surface area contributed by atoms with Crippen molar-refractivity contribution < 1.29 is 36.6 Å². The molecule has 0 spiro atoms. The van der Waals surface area contributed by atoms with Gasteiger partial charge in [-0.25, -0.2) is 14.0 Å². The molecule has 0 heterocycles. The number of hydrogen-bond donors (Lipinski definition) is 1. The van der Waals surface area contributed by atoms with Gasteiger partial charge in [-0.3, -0.25) is 0 Å². The van der Waals surface area contributed by atoms with Crippen molar-refractivity contribution in [1.82, 2.24) is 5.32 Å². The van der Waals surface area contributed by atoms with E-state index >= 15 is 0 Å². The van der Waals surface area contributed by atoms with Crippen LogP contribution in [0.5, 0.6) is 0 Å². The average Bonchev–Trinajstić information content (AvgIpc) is 2.66. The van der Waals surface area contributed by atoms with Crippen LogP contribution in [0.3, 0.4) is 0 Å². The van der Waals surface area contributed by atoms with E-state index in [-0.39, 0.29) is 13.0 Å². The highest BCUT2D eigenvalue weighted by molar-refractivity contribution is 5.81. The molecular formula is C19H17F4NO4. The minimum absolute atomic E-state index is 0.0897. The first-order valence-corrected chi connectivity index (χ1v) is 8.18. The number of amides is 1. The Kier molecular flexibility index (Phi) is 7.36. The van der Waals surface area contributed by atoms with Crippen LogP contribution in [0, 0.1) is 5.82 Å². The number of rotatable bonds is 7. The number of nitrogens with one attached hydrogen (secondary N) is 1. The Morgan fingerprint density at radius 2 is 1.57 bits per heavy atom. The van der Waals surface area contributed by atoms with E-state index in [0.29, 0.717) is 11.1 Å². The van der Waals surface area contributed by atoms with E-state index in [0.717, 1.165) is 12.1 Å². The Balaban J connectivity index is 2.00. The summed E-state index contributed by atoms with van der Waals surface area (Å²) in [5.41, 5.74) is 1.10. The molecule has 0 aliphatic carbocycles. The van der Waals surface area contributed by atoms with Crippen LogP contribution in [-0.4, -0.2) is 30.9 Å². The van der Waals surface area contributed by atoms with Crippen molar-refractivity contribution in [3.05, 3.63) is 71.5 Å². The second-order valence-electron chi connectivity index (χ2n) is 5.81. The van der Waals surface area contributed by atoms with Gasteiger partial charge >= 0.3 is 18.2 Å². The van der Waals surface area contributed by atoms with Crippen LogP contribution in [0.15, 0.2) is 54.6 Å². The van der Waals surface area contributed by atoms with Crippen molar-refractivity contribution in [2.24, 2.45) is 0 Å². The maximum Gasteiger partial charge on any atom is 0.422 e. The van der Waals surface area contributed by atoms with Crippen molar-refractivity contribution in [2.45, 2.75) is 25.2 Å². The summed E-state index contributed by atoms with van der Waals surface area (Å²) in [6.45, 7) is -1.87. The molecule has 1 amide bonds. The molecule has 1 atom stereocenters. The van der Waals surface area contributed by atoms with Gasteiger partial charge in [0.1, 0.15) is 18.5 Å². The maximum absolute atomic E-state index is 13.0. The fourth-order valence-electron chi connectivity index (χ4n) is 2.21. The molecule has 2 aromatic carbocycles. The van der Waals surface area contributed by atoms with Gasteiger partial charge in [-0.05, 0) is 23.3 Å². The topological polar surface area (TPSA) is 64.6 Å². The maximum atomic E-state index is 13.0. The number of alkyl carbamates (subject to hydrolysis) is 1. The smallest absolute Gasteiger partial charge is 0.422 e. The molecule has 0 saturated heterocycles. The molecule has 0 fully saturated rings. The van der Waals surface area contributed by atoms with Gasteiger partial charge in [0.25, 0.3) is 0 Å². The Hall–Kier alpha value is -3.10. The molecule has 150 valence electrons. The van der Waals surface area contributed by atoms with E-state index < -0.39 is 36.7 Å². The quantitative estimate of drug-likeness (QED) is 0.569. The number of benzene rings is 2. The molecule has 9 heteroatoms. The van der Waals surface area contributed by atoms with Crippen molar-refractivity contribution in [3.63, 3.8) is 0 Å². The average molecular weight is 399 g/mol. The molecule has 0 saturated carbocycles. The van der Waals surface area contributed by atoms with Gasteiger partial charge in [-0.15, -0.1) is 0 Å². The molecule has 5 nitrogen and oxygen atoms in total. The van der Waals surface area contributed by atoms with Gasteiger partial charge < -0.3 is 14.8 Å². The summed E-state index contributed by atoms with van der Waals surface area (Å²) < 4.78 is 59.1. The van der Waals surface area contributed by atoms with Gasteiger partial charge in [0, 0.05) is 6.42 Å². The highest BCUT2D eigenvalue weighted by Gasteiger charge is 2.32. The zero-order valence-corrected chi connectivity index (χ0v) is 14.5. The minimum Gasteiger partial charge on any atom is -0.454 e. The highest BCUT2D eigenvalue weighted by atomic mass is 19.4. The molecule has 28 heavy (non-hydrogen) atoms. The molecule has 1 unspecified atom stereocenters. The van der Waals surface area contributed by atoms with Crippen LogP contribution >= 0.6 is 0 Å². The van der Waals surface area contributed by atoms with Gasteiger partial charge in [-0.2, -0.15) is 13.2 Å². The molecule has 2 rings (SSSR count). The van der Waals surface area contributed by atoms with Gasteiger partial charge in [0.05, 0.1) is 0 Å². The highest BCUT2D eigenvalue weighted by Crippen LogP contribution is 2.15. The Bertz CT molecular complexity index is 779. The molecule has 1 N–H and O–H groups in total. The second kappa shape index (κ2) is 9.72. The first-order chi connectivity index (χ1) is 13.2. The van der Waals surface area contributed by atoms with E-state index in [2.05, 4.69) is 10.1 Å². The van der Waals surface area contributed by atoms with Crippen molar-refractivity contribution in [1.29, 1.82) is 0 Å². The number of ether oxygens (including phenoxy) is 2. The predicted octanol–water partition coefficient (Wildman–Crippen LogP) is 3.77. The molecule has 0 aromatic heterocycles. The Morgan fingerprint density at radius 3 is 2.18 bits per heavy atom. The zero-order chi connectivity index (χ0) is 20.6. The summed E-state index contributed by atoms with van der Waals surface area (Å²) in [5, 5.41) is 2.19. The summed E-state index contributed by atoms with van der Waals surface area (Å²) >= 11 is 0. The lowest BCUT2D eigenvalue weighted by molar-refractivity contribution is -0.187. The first-order valence-electron chi connectivity index (χ1n) is 8.18. The van der Waals surface area contributed by atoms with E-state index in [4.69, 9.17) is 4.74 Å². The Morgan fingerprint density at radius 1 is 0.929 bits per heavy atom. The lowest BCUT2D eigenvalue weighted by Gasteiger charge is -2.18. The number of carbonyl (C=O) groups excluding carboxylic acids is 2. The fraction of sp³-hybridized carbons (Fsp3) is 0.263. The Labute approximate surface area is 158 Å². The van der Waals surface area contributed by atoms with Gasteiger partial charge in [0.2, 0.25) is 0 Å². The normalized spacial score (nSPS) is 12.1. The predicted molar refractivity (Wildman–Crippen MR) is 90.7 cm³/mol. The third-order valence-corrected chi connectivity index (χ3v) is 3.52.